The Kier molecular flexibility index (Phi) is 2.01. The number of anilines is 1. The molecule has 5 N–H and O–H groups in total. The highest BCUT2D eigenvalue weighted by molar-refractivity contribution is 5.73. The van der Waals surface area contributed by atoms with Gasteiger partial charge in [-0.1, -0.05) is 12.1 Å². The molecule has 0 aliphatic rings. The number of aromatic nitrogens is 2. The van der Waals surface area contributed by atoms with Crippen LogP contribution in [0.3, 0.4) is 0 Å². The van der Waals surface area contributed by atoms with Crippen LogP contribution in [0.1, 0.15) is 0 Å². The molecule has 1 heterocycles. The molecule has 0 bridgehead atoms. The molecule has 0 saturated carbocycles. The molecule has 0 spiro atoms. The standard InChI is InChI=1S/C9H12N4O/c10-9-12(5-6-14)7-3-1-2-4-8(7)13(9)11/h1-4,10,14H,5-6,11H2/p+1. The normalized spacial score (nSPS) is 10.9. The minimum Gasteiger partial charge on any atom is -0.393 e. The summed E-state index contributed by atoms with van der Waals surface area (Å²) in [5, 5.41) is 8.89. The minimum absolute atomic E-state index is 0.0445. The number of rotatable bonds is 2. The molecule has 0 radical (unpaired) electrons. The van der Waals surface area contributed by atoms with Crippen LogP contribution in [0.15, 0.2) is 24.3 Å². The molecular formula is C9H13N4O+. The second-order valence-electron chi connectivity index (χ2n) is 3.09. The number of hydrogen-bond donors (Lipinski definition) is 3. The van der Waals surface area contributed by atoms with E-state index < -0.39 is 0 Å². The van der Waals surface area contributed by atoms with Gasteiger partial charge in [0.2, 0.25) is 0 Å². The molecule has 0 atom stereocenters. The first-order chi connectivity index (χ1) is 6.75. The van der Waals surface area contributed by atoms with Crippen LogP contribution in [0.5, 0.6) is 0 Å². The Morgan fingerprint density at radius 3 is 2.79 bits per heavy atom. The predicted octanol–water partition coefficient (Wildman–Crippen LogP) is -0.783. The van der Waals surface area contributed by atoms with Crippen molar-refractivity contribution in [3.8, 4) is 0 Å². The number of nitrogen functional groups attached to an aromatic ring is 2. The lowest BCUT2D eigenvalue weighted by atomic mass is 10.3. The Morgan fingerprint density at radius 2 is 2.07 bits per heavy atom. The quantitative estimate of drug-likeness (QED) is 0.432. The van der Waals surface area contributed by atoms with E-state index in [0.717, 1.165) is 11.0 Å². The molecule has 0 aliphatic carbocycles. The van der Waals surface area contributed by atoms with Gasteiger partial charge in [0, 0.05) is 0 Å². The summed E-state index contributed by atoms with van der Waals surface area (Å²) in [7, 11) is 0. The van der Waals surface area contributed by atoms with Gasteiger partial charge in [0.1, 0.15) is 5.52 Å². The van der Waals surface area contributed by atoms with Gasteiger partial charge in [0.05, 0.1) is 13.2 Å². The fourth-order valence-electron chi connectivity index (χ4n) is 1.61. The van der Waals surface area contributed by atoms with Crippen LogP contribution in [0, 0.1) is 0 Å². The summed E-state index contributed by atoms with van der Waals surface area (Å²) >= 11 is 0. The van der Waals surface area contributed by atoms with Crippen molar-refractivity contribution in [3.05, 3.63) is 24.3 Å². The van der Waals surface area contributed by atoms with Crippen LogP contribution >= 0.6 is 0 Å². The Balaban J connectivity index is 2.74. The van der Waals surface area contributed by atoms with Gasteiger partial charge < -0.3 is 5.11 Å². The second kappa shape index (κ2) is 3.19. The van der Waals surface area contributed by atoms with Gasteiger partial charge in [-0.2, -0.15) is 0 Å². The van der Waals surface area contributed by atoms with Gasteiger partial charge >= 0.3 is 5.95 Å². The number of para-hydroxylation sites is 2. The Labute approximate surface area is 81.1 Å². The number of nitrogens with two attached hydrogens (primary N) is 2. The highest BCUT2D eigenvalue weighted by Crippen LogP contribution is 2.11. The Hall–Kier alpha value is -1.75. The van der Waals surface area contributed by atoms with E-state index in [-0.39, 0.29) is 6.61 Å². The number of hydrogen-bond acceptors (Lipinski definition) is 3. The first-order valence-electron chi connectivity index (χ1n) is 4.40. The van der Waals surface area contributed by atoms with Crippen molar-refractivity contribution < 1.29 is 9.67 Å². The zero-order chi connectivity index (χ0) is 10.1. The first-order valence-corrected chi connectivity index (χ1v) is 4.40. The Morgan fingerprint density at radius 1 is 1.36 bits per heavy atom. The molecule has 1 aromatic carbocycles. The van der Waals surface area contributed by atoms with Crippen molar-refractivity contribution in [1.82, 2.24) is 4.68 Å². The van der Waals surface area contributed by atoms with Crippen molar-refractivity contribution in [2.75, 3.05) is 18.2 Å². The van der Waals surface area contributed by atoms with Crippen LogP contribution in [0.25, 0.3) is 11.0 Å². The number of imidazole rings is 1. The van der Waals surface area contributed by atoms with Gasteiger partial charge in [-0.05, 0) is 12.1 Å². The van der Waals surface area contributed by atoms with Crippen molar-refractivity contribution >= 4 is 17.0 Å². The largest absolute Gasteiger partial charge is 0.393 e. The summed E-state index contributed by atoms with van der Waals surface area (Å²) in [4.78, 5) is 0. The third-order valence-electron chi connectivity index (χ3n) is 2.28. The lowest BCUT2D eigenvalue weighted by molar-refractivity contribution is -0.658. The predicted molar refractivity (Wildman–Crippen MR) is 53.8 cm³/mol. The highest BCUT2D eigenvalue weighted by atomic mass is 16.3. The molecule has 1 aromatic heterocycles. The number of nitrogens with zero attached hydrogens (tertiary/aromatic N) is 2. The van der Waals surface area contributed by atoms with Crippen molar-refractivity contribution in [1.29, 1.82) is 0 Å². The van der Waals surface area contributed by atoms with E-state index in [1.165, 1.54) is 4.68 Å². The van der Waals surface area contributed by atoms with Gasteiger partial charge in [-0.15, -0.1) is 4.68 Å². The Bertz CT molecular complexity index is 463. The number of fused-ring (bicyclic) bond motifs is 1. The SMILES string of the molecule is Nc1n(N)c2ccccc2[n+]1CCO. The lowest BCUT2D eigenvalue weighted by Crippen LogP contribution is -2.38. The van der Waals surface area contributed by atoms with Gasteiger partial charge in [-0.3, -0.25) is 11.6 Å². The van der Waals surface area contributed by atoms with Gasteiger partial charge in [0.15, 0.2) is 5.52 Å². The van der Waals surface area contributed by atoms with E-state index in [4.69, 9.17) is 16.7 Å². The van der Waals surface area contributed by atoms with Crippen molar-refractivity contribution in [3.63, 3.8) is 0 Å². The third kappa shape index (κ3) is 1.10. The average Bonchev–Trinajstić information content (AvgIpc) is 2.45. The lowest BCUT2D eigenvalue weighted by Gasteiger charge is -1.95. The fourth-order valence-corrected chi connectivity index (χ4v) is 1.61. The molecule has 0 unspecified atom stereocenters. The molecule has 2 aromatic rings. The number of aliphatic hydroxyl groups excluding tert-OH is 1. The van der Waals surface area contributed by atoms with Crippen molar-refractivity contribution in [2.24, 2.45) is 0 Å². The second-order valence-corrected chi connectivity index (χ2v) is 3.09. The minimum atomic E-state index is 0.0445. The molecule has 5 heteroatoms. The maximum atomic E-state index is 8.89. The van der Waals surface area contributed by atoms with Crippen LogP contribution < -0.4 is 16.1 Å². The van der Waals surface area contributed by atoms with Gasteiger partial charge in [0.25, 0.3) is 0 Å². The summed E-state index contributed by atoms with van der Waals surface area (Å²) in [6.45, 7) is 0.499. The van der Waals surface area contributed by atoms with E-state index in [0.29, 0.717) is 12.5 Å². The highest BCUT2D eigenvalue weighted by Gasteiger charge is 2.17. The molecule has 74 valence electrons. The van der Waals surface area contributed by atoms with E-state index in [1.807, 2.05) is 24.3 Å². The molecule has 0 aliphatic heterocycles. The smallest absolute Gasteiger partial charge is 0.378 e. The molecule has 5 nitrogen and oxygen atoms in total. The number of benzene rings is 1. The summed E-state index contributed by atoms with van der Waals surface area (Å²) in [5.74, 6) is 6.20. The van der Waals surface area contributed by atoms with E-state index in [1.54, 1.807) is 4.57 Å². The first kappa shape index (κ1) is 8.83. The van der Waals surface area contributed by atoms with Gasteiger partial charge in [-0.25, -0.2) is 4.57 Å². The summed E-state index contributed by atoms with van der Waals surface area (Å²) < 4.78 is 3.21. The van der Waals surface area contributed by atoms with Crippen LogP contribution in [-0.2, 0) is 6.54 Å². The number of aliphatic hydroxyl groups is 1. The molecular weight excluding hydrogens is 180 g/mol. The van der Waals surface area contributed by atoms with E-state index in [9.17, 15) is 0 Å². The topological polar surface area (TPSA) is 81.1 Å². The van der Waals surface area contributed by atoms with E-state index in [2.05, 4.69) is 0 Å². The van der Waals surface area contributed by atoms with Crippen LogP contribution in [-0.4, -0.2) is 16.4 Å². The molecule has 2 rings (SSSR count). The molecule has 0 amide bonds. The fraction of sp³-hybridized carbons (Fsp3) is 0.222. The molecule has 0 fully saturated rings. The summed E-state index contributed by atoms with van der Waals surface area (Å²) in [5.41, 5.74) is 7.58. The molecule has 0 saturated heterocycles. The third-order valence-corrected chi connectivity index (χ3v) is 2.28. The summed E-state index contributed by atoms with van der Waals surface area (Å²) in [6.07, 6.45) is 0. The summed E-state index contributed by atoms with van der Waals surface area (Å²) in [6, 6.07) is 7.62. The zero-order valence-corrected chi connectivity index (χ0v) is 7.72. The van der Waals surface area contributed by atoms with Crippen LogP contribution in [0.4, 0.5) is 5.95 Å². The monoisotopic (exact) mass is 193 g/mol. The zero-order valence-electron chi connectivity index (χ0n) is 7.72. The maximum absolute atomic E-state index is 8.89. The van der Waals surface area contributed by atoms with Crippen LogP contribution in [0.2, 0.25) is 0 Å². The maximum Gasteiger partial charge on any atom is 0.378 e. The average molecular weight is 193 g/mol. The molecule has 14 heavy (non-hydrogen) atoms. The van der Waals surface area contributed by atoms with E-state index >= 15 is 0 Å². The van der Waals surface area contributed by atoms with Crippen molar-refractivity contribution in [2.45, 2.75) is 6.54 Å².